The van der Waals surface area contributed by atoms with Crippen LogP contribution in [0.3, 0.4) is 0 Å². The highest BCUT2D eigenvalue weighted by Gasteiger charge is 2.38. The first-order valence-electron chi connectivity index (χ1n) is 11.0. The van der Waals surface area contributed by atoms with Crippen molar-refractivity contribution in [1.29, 1.82) is 0 Å². The third-order valence-electron chi connectivity index (χ3n) is 6.15. The zero-order valence-electron chi connectivity index (χ0n) is 19.0. The summed E-state index contributed by atoms with van der Waals surface area (Å²) in [5.74, 6) is 1.52. The minimum absolute atomic E-state index is 0.0186. The van der Waals surface area contributed by atoms with Gasteiger partial charge in [0, 0.05) is 19.2 Å². The number of benzene rings is 2. The van der Waals surface area contributed by atoms with Gasteiger partial charge in [0.25, 0.3) is 5.91 Å². The van der Waals surface area contributed by atoms with Crippen LogP contribution in [-0.4, -0.2) is 44.3 Å². The normalized spacial score (nSPS) is 15.3. The topological polar surface area (TPSA) is 67.2 Å². The van der Waals surface area contributed by atoms with Crippen LogP contribution in [0.1, 0.15) is 48.1 Å². The summed E-state index contributed by atoms with van der Waals surface area (Å²) in [7, 11) is 1.99. The molecule has 2 atom stereocenters. The van der Waals surface area contributed by atoms with Gasteiger partial charge in [0.2, 0.25) is 5.91 Å². The third-order valence-corrected chi connectivity index (χ3v) is 6.79. The van der Waals surface area contributed by atoms with Crippen molar-refractivity contribution in [2.24, 2.45) is 13.0 Å². The Labute approximate surface area is 193 Å². The van der Waals surface area contributed by atoms with Crippen LogP contribution < -0.4 is 5.32 Å². The molecule has 1 aliphatic rings. The highest BCUT2D eigenvalue weighted by Crippen LogP contribution is 2.28. The summed E-state index contributed by atoms with van der Waals surface area (Å²) in [6.45, 7) is 4.45. The zero-order chi connectivity index (χ0) is 22.8. The number of carbonyl (C=O) groups is 2. The Morgan fingerprint density at radius 3 is 2.56 bits per heavy atom. The first-order valence-corrected chi connectivity index (χ1v) is 12.4. The van der Waals surface area contributed by atoms with E-state index < -0.39 is 6.04 Å². The average molecular weight is 451 g/mol. The quantitative estimate of drug-likeness (QED) is 0.560. The molecule has 0 saturated carbocycles. The van der Waals surface area contributed by atoms with Crippen LogP contribution in [-0.2, 0) is 18.4 Å². The molecule has 1 aliphatic heterocycles. The van der Waals surface area contributed by atoms with Crippen LogP contribution in [0.2, 0.25) is 0 Å². The molecule has 2 aromatic carbocycles. The van der Waals surface area contributed by atoms with E-state index in [1.54, 1.807) is 16.7 Å². The van der Waals surface area contributed by atoms with E-state index in [0.717, 1.165) is 34.6 Å². The predicted molar refractivity (Wildman–Crippen MR) is 130 cm³/mol. The van der Waals surface area contributed by atoms with Gasteiger partial charge in [-0.25, -0.2) is 4.98 Å². The molecule has 0 bridgehead atoms. The van der Waals surface area contributed by atoms with Gasteiger partial charge in [-0.15, -0.1) is 0 Å². The number of aromatic nitrogens is 2. The van der Waals surface area contributed by atoms with Crippen molar-refractivity contribution in [3.63, 3.8) is 0 Å². The van der Waals surface area contributed by atoms with Crippen LogP contribution in [0.15, 0.2) is 48.5 Å². The molecule has 1 N–H and O–H groups in total. The Bertz CT molecular complexity index is 1140. The van der Waals surface area contributed by atoms with Gasteiger partial charge >= 0.3 is 0 Å². The summed E-state index contributed by atoms with van der Waals surface area (Å²) in [4.78, 5) is 33.2. The fourth-order valence-electron chi connectivity index (χ4n) is 4.54. The SMILES string of the molecule is CSCC[C@H](NC(=O)[C@@H](C(C)C)N1Cc2ccccc2C1=O)c1nc2ccccc2n1C. The Hall–Kier alpha value is -2.80. The van der Waals surface area contributed by atoms with Crippen molar-refractivity contribution in [3.8, 4) is 0 Å². The molecule has 7 heteroatoms. The van der Waals surface area contributed by atoms with E-state index in [4.69, 9.17) is 4.98 Å². The third kappa shape index (κ3) is 4.13. The number of aryl methyl sites for hydroxylation is 1. The van der Waals surface area contributed by atoms with Crippen LogP contribution in [0.5, 0.6) is 0 Å². The number of amides is 2. The van der Waals surface area contributed by atoms with Gasteiger partial charge in [-0.05, 0) is 48.1 Å². The summed E-state index contributed by atoms with van der Waals surface area (Å²) < 4.78 is 2.06. The standard InChI is InChI=1S/C25H30N4O2S/c1-16(2)22(29-15-17-9-5-6-10-18(17)25(29)31)24(30)27-20(13-14-32-4)23-26-19-11-7-8-12-21(19)28(23)3/h5-12,16,20,22H,13-15H2,1-4H3,(H,27,30)/t20-,22+/m0/s1. The molecule has 2 heterocycles. The van der Waals surface area contributed by atoms with E-state index in [2.05, 4.69) is 16.1 Å². The molecule has 3 aromatic rings. The lowest BCUT2D eigenvalue weighted by Crippen LogP contribution is -2.51. The maximum Gasteiger partial charge on any atom is 0.255 e. The molecule has 1 aromatic heterocycles. The smallest absolute Gasteiger partial charge is 0.255 e. The molecule has 0 radical (unpaired) electrons. The van der Waals surface area contributed by atoms with Gasteiger partial charge in [0.05, 0.1) is 17.1 Å². The zero-order valence-corrected chi connectivity index (χ0v) is 19.9. The fraction of sp³-hybridized carbons (Fsp3) is 0.400. The van der Waals surface area contributed by atoms with E-state index >= 15 is 0 Å². The van der Waals surface area contributed by atoms with Gasteiger partial charge in [-0.1, -0.05) is 44.2 Å². The molecule has 0 saturated heterocycles. The van der Waals surface area contributed by atoms with E-state index in [1.165, 1.54) is 0 Å². The summed E-state index contributed by atoms with van der Waals surface area (Å²) >= 11 is 1.74. The van der Waals surface area contributed by atoms with Crippen LogP contribution in [0, 0.1) is 5.92 Å². The van der Waals surface area contributed by atoms with Gasteiger partial charge in [0.15, 0.2) is 0 Å². The second-order valence-electron chi connectivity index (χ2n) is 8.64. The first-order chi connectivity index (χ1) is 15.4. The molecule has 168 valence electrons. The largest absolute Gasteiger partial charge is 0.344 e. The lowest BCUT2D eigenvalue weighted by atomic mass is 10.0. The maximum atomic E-state index is 13.6. The molecular formula is C25H30N4O2S. The second kappa shape index (κ2) is 9.36. The number of imidazole rings is 1. The molecule has 0 unspecified atom stereocenters. The minimum Gasteiger partial charge on any atom is -0.344 e. The number of carbonyl (C=O) groups excluding carboxylic acids is 2. The van der Waals surface area contributed by atoms with E-state index in [1.807, 2.05) is 69.4 Å². The van der Waals surface area contributed by atoms with E-state index in [-0.39, 0.29) is 23.8 Å². The number of nitrogens with one attached hydrogen (secondary N) is 1. The predicted octanol–water partition coefficient (Wildman–Crippen LogP) is 4.16. The number of fused-ring (bicyclic) bond motifs is 2. The summed E-state index contributed by atoms with van der Waals surface area (Å²) in [5, 5.41) is 3.25. The number of hydrogen-bond acceptors (Lipinski definition) is 4. The van der Waals surface area contributed by atoms with Crippen molar-refractivity contribution in [2.75, 3.05) is 12.0 Å². The fourth-order valence-corrected chi connectivity index (χ4v) is 5.01. The molecule has 32 heavy (non-hydrogen) atoms. The molecule has 2 amide bonds. The highest BCUT2D eigenvalue weighted by molar-refractivity contribution is 7.98. The number of rotatable bonds is 8. The lowest BCUT2D eigenvalue weighted by molar-refractivity contribution is -0.128. The van der Waals surface area contributed by atoms with Crippen molar-refractivity contribution in [1.82, 2.24) is 19.8 Å². The van der Waals surface area contributed by atoms with Gasteiger partial charge in [0.1, 0.15) is 11.9 Å². The maximum absolute atomic E-state index is 13.6. The van der Waals surface area contributed by atoms with Gasteiger partial charge in [-0.2, -0.15) is 11.8 Å². The Kier molecular flexibility index (Phi) is 6.55. The van der Waals surface area contributed by atoms with Crippen molar-refractivity contribution < 1.29 is 9.59 Å². The minimum atomic E-state index is -0.540. The number of nitrogens with zero attached hydrogens (tertiary/aromatic N) is 3. The van der Waals surface area contributed by atoms with Gasteiger partial charge in [-0.3, -0.25) is 9.59 Å². The molecule has 0 spiro atoms. The van der Waals surface area contributed by atoms with Crippen molar-refractivity contribution in [3.05, 3.63) is 65.5 Å². The molecule has 4 rings (SSSR count). The monoisotopic (exact) mass is 450 g/mol. The summed E-state index contributed by atoms with van der Waals surface area (Å²) in [6.07, 6.45) is 2.83. The number of thioether (sulfide) groups is 1. The lowest BCUT2D eigenvalue weighted by Gasteiger charge is -2.31. The molecule has 6 nitrogen and oxygen atoms in total. The molecular weight excluding hydrogens is 420 g/mol. The number of para-hydroxylation sites is 2. The Morgan fingerprint density at radius 1 is 1.16 bits per heavy atom. The van der Waals surface area contributed by atoms with E-state index in [9.17, 15) is 9.59 Å². The Balaban J connectivity index is 1.61. The summed E-state index contributed by atoms with van der Waals surface area (Å²) in [5.41, 5.74) is 3.63. The second-order valence-corrected chi connectivity index (χ2v) is 9.63. The van der Waals surface area contributed by atoms with Crippen molar-refractivity contribution in [2.45, 2.75) is 38.9 Å². The van der Waals surface area contributed by atoms with Gasteiger partial charge < -0.3 is 14.8 Å². The van der Waals surface area contributed by atoms with Crippen molar-refractivity contribution >= 4 is 34.6 Å². The average Bonchev–Trinajstić information content (AvgIpc) is 3.29. The first kappa shape index (κ1) is 22.4. The molecule has 0 aliphatic carbocycles. The highest BCUT2D eigenvalue weighted by atomic mass is 32.2. The summed E-state index contributed by atoms with van der Waals surface area (Å²) in [6, 6.07) is 14.8. The van der Waals surface area contributed by atoms with Crippen LogP contribution >= 0.6 is 11.8 Å². The molecule has 0 fully saturated rings. The Morgan fingerprint density at radius 2 is 1.88 bits per heavy atom. The van der Waals surface area contributed by atoms with E-state index in [0.29, 0.717) is 12.1 Å². The number of hydrogen-bond donors (Lipinski definition) is 1. The van der Waals surface area contributed by atoms with Crippen LogP contribution in [0.4, 0.5) is 0 Å². The van der Waals surface area contributed by atoms with Crippen LogP contribution in [0.25, 0.3) is 11.0 Å².